The quantitative estimate of drug-likeness (QED) is 0.237. The fourth-order valence-electron chi connectivity index (χ4n) is 15.2. The fraction of sp³-hybridized carbons (Fsp3) is 0.966. The molecule has 7 heteroatoms. The maximum atomic E-state index is 11.2. The summed E-state index contributed by atoms with van der Waals surface area (Å²) in [5, 5.41) is 9.46. The minimum absolute atomic E-state index is 0.0399. The van der Waals surface area contributed by atoms with E-state index < -0.39 is 0 Å². The van der Waals surface area contributed by atoms with Crippen LogP contribution in [0.2, 0.25) is 0 Å². The van der Waals surface area contributed by atoms with Gasteiger partial charge in [0.05, 0.1) is 18.8 Å². The molecule has 0 aromatic carbocycles. The zero-order valence-electron chi connectivity index (χ0n) is 69.9. The largest absolute Gasteiger partial charge is 0.390 e. The van der Waals surface area contributed by atoms with E-state index in [0.717, 1.165) is 113 Å². The van der Waals surface area contributed by atoms with Crippen LogP contribution in [0.3, 0.4) is 0 Å². The van der Waals surface area contributed by atoms with Crippen LogP contribution in [0, 0.1) is 108 Å². The highest BCUT2D eigenvalue weighted by Crippen LogP contribution is 2.51. The highest BCUT2D eigenvalue weighted by molar-refractivity contribution is 5.87. The second kappa shape index (κ2) is 35.4. The molecule has 0 amide bonds. The summed E-state index contributed by atoms with van der Waals surface area (Å²) in [6.45, 7) is 91.0. The molecule has 0 bridgehead atoms. The highest BCUT2D eigenvalue weighted by atomic mass is 16.5. The van der Waals surface area contributed by atoms with Crippen molar-refractivity contribution in [3.05, 3.63) is 22.8 Å². The van der Waals surface area contributed by atoms with Crippen LogP contribution in [0.4, 0.5) is 0 Å². The molecular weight excluding hydrogens is 1150 g/mol. The van der Waals surface area contributed by atoms with Crippen LogP contribution in [0.15, 0.2) is 0 Å². The average molecular weight is 1320 g/mol. The van der Waals surface area contributed by atoms with Gasteiger partial charge in [0.15, 0.2) is 0 Å². The van der Waals surface area contributed by atoms with Crippen molar-refractivity contribution in [3.63, 3.8) is 0 Å². The molecule has 8 aliphatic carbocycles. The van der Waals surface area contributed by atoms with Gasteiger partial charge in [-0.05, 0) is 200 Å². The van der Waals surface area contributed by atoms with E-state index >= 15 is 0 Å². The van der Waals surface area contributed by atoms with Crippen molar-refractivity contribution < 1.29 is 14.6 Å². The van der Waals surface area contributed by atoms with Crippen LogP contribution in [0.5, 0.6) is 0 Å². The van der Waals surface area contributed by atoms with E-state index in [1.165, 1.54) is 109 Å². The van der Waals surface area contributed by atoms with Gasteiger partial charge >= 0.3 is 0 Å². The third-order valence-electron chi connectivity index (χ3n) is 20.5. The first-order chi connectivity index (χ1) is 41.9. The monoisotopic (exact) mass is 1320 g/mol. The Hall–Kier alpha value is -1.51. The molecule has 2 aliphatic heterocycles. The minimum Gasteiger partial charge on any atom is -0.390 e. The van der Waals surface area contributed by atoms with Gasteiger partial charge in [0.1, 0.15) is 5.78 Å². The zero-order chi connectivity index (χ0) is 73.5. The molecule has 10 rings (SSSR count). The van der Waals surface area contributed by atoms with Crippen LogP contribution >= 0.6 is 0 Å². The molecular formula is C87H168N4O3. The average Bonchev–Trinajstić information content (AvgIpc) is 1.84. The van der Waals surface area contributed by atoms with Crippen molar-refractivity contribution in [2.24, 2.45) is 101 Å². The van der Waals surface area contributed by atoms with Crippen molar-refractivity contribution in [2.75, 3.05) is 33.4 Å². The molecule has 2 saturated heterocycles. The zero-order valence-corrected chi connectivity index (χ0v) is 69.9. The molecule has 10 aliphatic rings. The second-order valence-corrected chi connectivity index (χ2v) is 45.5. The van der Waals surface area contributed by atoms with Gasteiger partial charge in [0, 0.05) is 74.4 Å². The molecule has 0 atom stereocenters. The standard InChI is InChI=1S/C10H17N.C10H20.C9H19N.C9H15N.C9H18.C8H17N.2C8H16O.C8H14O.C8H16/c1-9(2,3)8-10(11-4)6-5-7-10;1-9(2,3)8-10(4)6-5-7-10;1-9(2,3)5-8-6-10(4)7-8;1-8(2,3)7-9(10-4)5-6-9;1-7-5-8(6-7)9(2,3)4;1-7(2,3)6-8(9)4-5-8;1-8(2,3)4-7-5-9-6-7;1-7(2,3)6-8(9)4-5-8;1-8(2,3)7(9)6-4-5-6;1-8(2,3)7-5-4-6-7/h5-8H2,1-3H3;5-8H2,1-4H3;8H,5-7H2,1-4H3;5-7H2,1-3H3;7-8H,5-6H2,1-4H3;4-6,9H2,1-3H3;7H,4-6H2,1-3H3;9H,4-6H2,1-3H3;6H,4-5H2,1-3H3;7H,4-6H2,1-3H3. The van der Waals surface area contributed by atoms with Crippen molar-refractivity contribution in [1.82, 2.24) is 4.90 Å². The Kier molecular flexibility index (Phi) is 34.1. The lowest BCUT2D eigenvalue weighted by molar-refractivity contribution is -0.127. The number of ketones is 1. The van der Waals surface area contributed by atoms with E-state index in [1.54, 1.807) is 0 Å². The topological polar surface area (TPSA) is 84.5 Å². The van der Waals surface area contributed by atoms with Gasteiger partial charge in [0.2, 0.25) is 11.1 Å². The highest BCUT2D eigenvalue weighted by Gasteiger charge is 2.53. The summed E-state index contributed by atoms with van der Waals surface area (Å²) in [6.07, 6.45) is 32.7. The Morgan fingerprint density at radius 1 is 0.479 bits per heavy atom. The summed E-state index contributed by atoms with van der Waals surface area (Å²) in [7, 11) is 2.19. The first-order valence-electron chi connectivity index (χ1n) is 39.0. The smallest absolute Gasteiger partial charge is 0.233 e. The number of hydrogen-bond acceptors (Lipinski definition) is 5. The van der Waals surface area contributed by atoms with Crippen LogP contribution in [0.1, 0.15) is 389 Å². The first kappa shape index (κ1) is 90.5. The van der Waals surface area contributed by atoms with Crippen molar-refractivity contribution >= 4 is 5.78 Å². The second-order valence-electron chi connectivity index (χ2n) is 45.5. The first-order valence-corrected chi connectivity index (χ1v) is 39.0. The fourth-order valence-corrected chi connectivity index (χ4v) is 15.2. The number of nitrogens with two attached hydrogens (primary N) is 1. The molecule has 0 radical (unpaired) electrons. The predicted molar refractivity (Wildman–Crippen MR) is 413 cm³/mol. The molecule has 10 fully saturated rings. The van der Waals surface area contributed by atoms with Gasteiger partial charge in [-0.25, -0.2) is 13.1 Å². The van der Waals surface area contributed by atoms with Crippen molar-refractivity contribution in [3.8, 4) is 0 Å². The van der Waals surface area contributed by atoms with Crippen LogP contribution < -0.4 is 5.73 Å². The molecule has 8 saturated carbocycles. The third-order valence-corrected chi connectivity index (χ3v) is 20.5. The molecule has 3 N–H and O–H groups in total. The normalized spacial score (nSPS) is 23.8. The maximum absolute atomic E-state index is 11.2. The lowest BCUT2D eigenvalue weighted by atomic mass is 9.63. The number of carbonyl (C=O) groups is 1. The summed E-state index contributed by atoms with van der Waals surface area (Å²) >= 11 is 0. The van der Waals surface area contributed by atoms with E-state index in [4.69, 9.17) is 23.6 Å². The SMILES string of the molecule is CC(C)(C)C(=O)C1CC1.CC(C)(C)C1CCC1.CC(C)(C)CC1(C)CCC1.CC(C)(C)CC1(N)CC1.CC(C)(C)CC1(O)CC1.CC(C)(C)CC1COC1.CC1CC(C(C)(C)C)C1.CN1CC(CC(C)(C)C)C1.[C-]#[N+]C1(CC(C)(C)C)CC1.[C-]#[N+]C1(CC(C)(C)C)CCC1. The predicted octanol–water partition coefficient (Wildman–Crippen LogP) is 25.6. The van der Waals surface area contributed by atoms with Crippen molar-refractivity contribution in [2.45, 2.75) is 411 Å². The summed E-state index contributed by atoms with van der Waals surface area (Å²) < 4.78 is 5.08. The molecule has 0 unspecified atom stereocenters. The molecule has 0 aromatic rings. The Bertz CT molecular complexity index is 2180. The van der Waals surface area contributed by atoms with E-state index in [1.807, 2.05) is 20.8 Å². The Labute approximate surface area is 589 Å². The molecule has 2 heterocycles. The summed E-state index contributed by atoms with van der Waals surface area (Å²) in [6, 6.07) is 0. The number of carbonyl (C=O) groups excluding carboxylic acids is 1. The van der Waals surface area contributed by atoms with E-state index in [2.05, 4.69) is 222 Å². The van der Waals surface area contributed by atoms with Gasteiger partial charge in [-0.2, -0.15) is 0 Å². The van der Waals surface area contributed by atoms with Gasteiger partial charge in [-0.3, -0.25) is 4.79 Å². The van der Waals surface area contributed by atoms with Crippen LogP contribution in [0.25, 0.3) is 9.69 Å². The molecule has 7 nitrogen and oxygen atoms in total. The number of rotatable bonds is 8. The number of likely N-dealkylation sites (tertiary alicyclic amines) is 1. The van der Waals surface area contributed by atoms with Gasteiger partial charge < -0.3 is 30.2 Å². The Balaban J connectivity index is 0.000000523. The van der Waals surface area contributed by atoms with Crippen LogP contribution in [-0.2, 0) is 9.53 Å². The van der Waals surface area contributed by atoms with Gasteiger partial charge in [-0.15, -0.1) is 0 Å². The van der Waals surface area contributed by atoms with Gasteiger partial charge in [0.25, 0.3) is 0 Å². The number of aliphatic hydroxyl groups is 1. The summed E-state index contributed by atoms with van der Waals surface area (Å²) in [5.74, 6) is 5.74. The summed E-state index contributed by atoms with van der Waals surface area (Å²) in [5.41, 5.74) is 10.7. The van der Waals surface area contributed by atoms with Gasteiger partial charge in [-0.1, -0.05) is 234 Å². The molecule has 554 valence electrons. The summed E-state index contributed by atoms with van der Waals surface area (Å²) in [4.78, 5) is 21.0. The number of hydrogen-bond donors (Lipinski definition) is 2. The minimum atomic E-state index is -0.266. The van der Waals surface area contributed by atoms with E-state index in [9.17, 15) is 9.90 Å². The van der Waals surface area contributed by atoms with E-state index in [0.29, 0.717) is 65.9 Å². The Morgan fingerprint density at radius 2 is 0.851 bits per heavy atom. The lowest BCUT2D eigenvalue weighted by Gasteiger charge is -2.42. The van der Waals surface area contributed by atoms with Crippen LogP contribution in [-0.4, -0.2) is 71.4 Å². The maximum Gasteiger partial charge on any atom is 0.233 e. The van der Waals surface area contributed by atoms with E-state index in [-0.39, 0.29) is 27.6 Å². The number of nitrogens with zero attached hydrogens (tertiary/aromatic N) is 3. The lowest BCUT2D eigenvalue weighted by Crippen LogP contribution is -2.45. The third kappa shape index (κ3) is 43.9. The molecule has 0 aromatic heterocycles. The molecule has 0 spiro atoms. The number of ether oxygens (including phenoxy) is 1. The Morgan fingerprint density at radius 3 is 0.968 bits per heavy atom. The van der Waals surface area contributed by atoms with Crippen molar-refractivity contribution in [1.29, 1.82) is 0 Å². The number of Topliss-reactive ketones (excluding diaryl/α,β-unsaturated/α-hetero) is 1. The molecule has 94 heavy (non-hydrogen) atoms.